The molecule has 0 unspecified atom stereocenters. The lowest BCUT2D eigenvalue weighted by Crippen LogP contribution is -2.31. The Hall–Kier alpha value is -1.85. The first-order valence-electron chi connectivity index (χ1n) is 7.79. The standard InChI is InChI=1S/C15H21N3O3/c19-13-7-3-9-18(13)10-4-8-16-15(20)14-11-5-1-2-6-12(11)21-17-14/h1-10H2,(H,16,20). The quantitative estimate of drug-likeness (QED) is 0.830. The van der Waals surface area contributed by atoms with E-state index in [4.69, 9.17) is 4.52 Å². The van der Waals surface area contributed by atoms with Crippen LogP contribution in [0, 0.1) is 0 Å². The fourth-order valence-corrected chi connectivity index (χ4v) is 3.06. The third-order valence-electron chi connectivity index (χ3n) is 4.23. The summed E-state index contributed by atoms with van der Waals surface area (Å²) in [4.78, 5) is 25.5. The van der Waals surface area contributed by atoms with Gasteiger partial charge in [0.15, 0.2) is 5.69 Å². The Morgan fingerprint density at radius 2 is 2.10 bits per heavy atom. The fraction of sp³-hybridized carbons (Fsp3) is 0.667. The molecule has 2 heterocycles. The van der Waals surface area contributed by atoms with E-state index in [0.29, 0.717) is 18.7 Å². The topological polar surface area (TPSA) is 75.4 Å². The monoisotopic (exact) mass is 291 g/mol. The van der Waals surface area contributed by atoms with E-state index in [1.807, 2.05) is 4.90 Å². The molecule has 0 atom stereocenters. The van der Waals surface area contributed by atoms with Crippen LogP contribution in [-0.4, -0.2) is 41.5 Å². The summed E-state index contributed by atoms with van der Waals surface area (Å²) in [5.41, 5.74) is 1.43. The molecule has 1 aromatic heterocycles. The van der Waals surface area contributed by atoms with Crippen LogP contribution >= 0.6 is 0 Å². The first kappa shape index (κ1) is 14.1. The van der Waals surface area contributed by atoms with Crippen molar-refractivity contribution in [2.75, 3.05) is 19.6 Å². The summed E-state index contributed by atoms with van der Waals surface area (Å²) < 4.78 is 5.25. The summed E-state index contributed by atoms with van der Waals surface area (Å²) in [6.45, 7) is 2.13. The summed E-state index contributed by atoms with van der Waals surface area (Å²) in [5.74, 6) is 0.940. The highest BCUT2D eigenvalue weighted by Gasteiger charge is 2.24. The van der Waals surface area contributed by atoms with Gasteiger partial charge in [-0.25, -0.2) is 0 Å². The zero-order chi connectivity index (χ0) is 14.7. The number of amides is 2. The SMILES string of the molecule is O=C(NCCCN1CCCC1=O)c1noc2c1CCCC2. The van der Waals surface area contributed by atoms with Gasteiger partial charge in [0.2, 0.25) is 5.91 Å². The molecule has 0 spiro atoms. The van der Waals surface area contributed by atoms with Crippen LogP contribution in [0.2, 0.25) is 0 Å². The normalized spacial score (nSPS) is 17.9. The second-order valence-corrected chi connectivity index (χ2v) is 5.73. The Bertz CT molecular complexity index is 538. The van der Waals surface area contributed by atoms with Crippen molar-refractivity contribution in [2.45, 2.75) is 44.9 Å². The number of carbonyl (C=O) groups excluding carboxylic acids is 2. The molecule has 2 amide bonds. The van der Waals surface area contributed by atoms with Gasteiger partial charge in [0.1, 0.15) is 5.76 Å². The highest BCUT2D eigenvalue weighted by Crippen LogP contribution is 2.24. The number of likely N-dealkylation sites (tertiary alicyclic amines) is 1. The highest BCUT2D eigenvalue weighted by molar-refractivity contribution is 5.93. The van der Waals surface area contributed by atoms with Crippen molar-refractivity contribution in [3.05, 3.63) is 17.0 Å². The van der Waals surface area contributed by atoms with Gasteiger partial charge in [0.05, 0.1) is 0 Å². The number of aromatic nitrogens is 1. The number of hydrogen-bond donors (Lipinski definition) is 1. The number of rotatable bonds is 5. The first-order chi connectivity index (χ1) is 10.3. The van der Waals surface area contributed by atoms with Gasteiger partial charge in [0.25, 0.3) is 5.91 Å². The zero-order valence-corrected chi connectivity index (χ0v) is 12.2. The predicted octanol–water partition coefficient (Wildman–Crippen LogP) is 1.30. The smallest absolute Gasteiger partial charge is 0.273 e. The van der Waals surface area contributed by atoms with E-state index in [2.05, 4.69) is 10.5 Å². The van der Waals surface area contributed by atoms with E-state index in [0.717, 1.165) is 62.9 Å². The van der Waals surface area contributed by atoms with Crippen molar-refractivity contribution < 1.29 is 14.1 Å². The minimum Gasteiger partial charge on any atom is -0.360 e. The van der Waals surface area contributed by atoms with E-state index < -0.39 is 0 Å². The number of nitrogens with one attached hydrogen (secondary N) is 1. The number of fused-ring (bicyclic) bond motifs is 1. The Kier molecular flexibility index (Phi) is 4.22. The van der Waals surface area contributed by atoms with Gasteiger partial charge in [-0.05, 0) is 32.1 Å². The Morgan fingerprint density at radius 3 is 2.90 bits per heavy atom. The molecule has 0 radical (unpaired) electrons. The zero-order valence-electron chi connectivity index (χ0n) is 12.2. The average Bonchev–Trinajstić information content (AvgIpc) is 3.10. The molecular weight excluding hydrogens is 270 g/mol. The van der Waals surface area contributed by atoms with Crippen LogP contribution in [0.25, 0.3) is 0 Å². The average molecular weight is 291 g/mol. The second-order valence-electron chi connectivity index (χ2n) is 5.73. The Balaban J connectivity index is 1.46. The van der Waals surface area contributed by atoms with Gasteiger partial charge in [-0.1, -0.05) is 5.16 Å². The lowest BCUT2D eigenvalue weighted by atomic mass is 9.96. The van der Waals surface area contributed by atoms with Crippen LogP contribution in [0.15, 0.2) is 4.52 Å². The van der Waals surface area contributed by atoms with Crippen molar-refractivity contribution in [2.24, 2.45) is 0 Å². The third kappa shape index (κ3) is 3.09. The molecule has 6 nitrogen and oxygen atoms in total. The van der Waals surface area contributed by atoms with Crippen LogP contribution in [0.5, 0.6) is 0 Å². The third-order valence-corrected chi connectivity index (χ3v) is 4.23. The molecule has 1 N–H and O–H groups in total. The van der Waals surface area contributed by atoms with Gasteiger partial charge in [0, 0.05) is 38.0 Å². The van der Waals surface area contributed by atoms with Gasteiger partial charge < -0.3 is 14.7 Å². The van der Waals surface area contributed by atoms with Crippen LogP contribution in [-0.2, 0) is 17.6 Å². The van der Waals surface area contributed by atoms with Crippen LogP contribution < -0.4 is 5.32 Å². The molecule has 1 aliphatic heterocycles. The number of aryl methyl sites for hydroxylation is 1. The molecular formula is C15H21N3O3. The van der Waals surface area contributed by atoms with Crippen molar-refractivity contribution in [1.29, 1.82) is 0 Å². The summed E-state index contributed by atoms with van der Waals surface area (Å²) in [5, 5.41) is 6.79. The van der Waals surface area contributed by atoms with Crippen LogP contribution in [0.3, 0.4) is 0 Å². The summed E-state index contributed by atoms with van der Waals surface area (Å²) in [6.07, 6.45) is 6.35. The molecule has 21 heavy (non-hydrogen) atoms. The minimum absolute atomic E-state index is 0.158. The van der Waals surface area contributed by atoms with E-state index in [-0.39, 0.29) is 11.8 Å². The molecule has 0 saturated carbocycles. The second kappa shape index (κ2) is 6.28. The molecule has 1 fully saturated rings. The molecule has 6 heteroatoms. The number of nitrogens with zero attached hydrogens (tertiary/aromatic N) is 2. The summed E-state index contributed by atoms with van der Waals surface area (Å²) >= 11 is 0. The first-order valence-corrected chi connectivity index (χ1v) is 7.79. The molecule has 1 saturated heterocycles. The van der Waals surface area contributed by atoms with E-state index >= 15 is 0 Å². The van der Waals surface area contributed by atoms with E-state index in [1.165, 1.54) is 0 Å². The fourth-order valence-electron chi connectivity index (χ4n) is 3.06. The van der Waals surface area contributed by atoms with E-state index in [9.17, 15) is 9.59 Å². The van der Waals surface area contributed by atoms with E-state index in [1.54, 1.807) is 0 Å². The molecule has 114 valence electrons. The summed E-state index contributed by atoms with van der Waals surface area (Å²) in [6, 6.07) is 0. The Labute approximate surface area is 123 Å². The molecule has 3 rings (SSSR count). The van der Waals surface area contributed by atoms with Crippen LogP contribution in [0.1, 0.15) is 53.9 Å². The van der Waals surface area contributed by atoms with Crippen molar-refractivity contribution in [3.8, 4) is 0 Å². The molecule has 1 aliphatic carbocycles. The maximum absolute atomic E-state index is 12.1. The van der Waals surface area contributed by atoms with Crippen molar-refractivity contribution in [1.82, 2.24) is 15.4 Å². The summed E-state index contributed by atoms with van der Waals surface area (Å²) in [7, 11) is 0. The number of hydrogen-bond acceptors (Lipinski definition) is 4. The number of carbonyl (C=O) groups is 2. The molecule has 1 aromatic rings. The lowest BCUT2D eigenvalue weighted by Gasteiger charge is -2.15. The van der Waals surface area contributed by atoms with Gasteiger partial charge >= 0.3 is 0 Å². The molecule has 0 bridgehead atoms. The highest BCUT2D eigenvalue weighted by atomic mass is 16.5. The minimum atomic E-state index is -0.158. The lowest BCUT2D eigenvalue weighted by molar-refractivity contribution is -0.127. The molecule has 2 aliphatic rings. The largest absolute Gasteiger partial charge is 0.360 e. The van der Waals surface area contributed by atoms with Crippen LogP contribution in [0.4, 0.5) is 0 Å². The van der Waals surface area contributed by atoms with Crippen molar-refractivity contribution >= 4 is 11.8 Å². The van der Waals surface area contributed by atoms with Gasteiger partial charge in [-0.2, -0.15) is 0 Å². The van der Waals surface area contributed by atoms with Gasteiger partial charge in [-0.15, -0.1) is 0 Å². The maximum atomic E-state index is 12.1. The maximum Gasteiger partial charge on any atom is 0.273 e. The Morgan fingerprint density at radius 1 is 1.24 bits per heavy atom. The molecule has 0 aromatic carbocycles. The predicted molar refractivity (Wildman–Crippen MR) is 75.9 cm³/mol. The van der Waals surface area contributed by atoms with Gasteiger partial charge in [-0.3, -0.25) is 9.59 Å². The van der Waals surface area contributed by atoms with Crippen molar-refractivity contribution in [3.63, 3.8) is 0 Å².